The van der Waals surface area contributed by atoms with Crippen molar-refractivity contribution in [3.63, 3.8) is 0 Å². The maximum atomic E-state index is 5.94. The van der Waals surface area contributed by atoms with Gasteiger partial charge in [0.05, 0.1) is 6.04 Å². The predicted molar refractivity (Wildman–Crippen MR) is 67.0 cm³/mol. The fourth-order valence-electron chi connectivity index (χ4n) is 1.30. The van der Waals surface area contributed by atoms with Gasteiger partial charge in [-0.15, -0.1) is 0 Å². The van der Waals surface area contributed by atoms with E-state index in [-0.39, 0.29) is 12.0 Å². The van der Waals surface area contributed by atoms with Crippen molar-refractivity contribution in [2.24, 2.45) is 11.7 Å². The van der Waals surface area contributed by atoms with Crippen LogP contribution in [0.1, 0.15) is 25.8 Å². The van der Waals surface area contributed by atoms with Crippen LogP contribution in [-0.4, -0.2) is 15.1 Å². The number of aromatic nitrogens is 3. The van der Waals surface area contributed by atoms with E-state index in [1.807, 2.05) is 26.0 Å². The van der Waals surface area contributed by atoms with Crippen LogP contribution in [0.3, 0.4) is 0 Å². The van der Waals surface area contributed by atoms with Crippen LogP contribution in [0.25, 0.3) is 11.5 Å². The van der Waals surface area contributed by atoms with Crippen molar-refractivity contribution in [1.82, 2.24) is 15.1 Å². The average molecular weight is 297 g/mol. The van der Waals surface area contributed by atoms with Gasteiger partial charge in [-0.05, 0) is 34.0 Å². The predicted octanol–water partition coefficient (Wildman–Crippen LogP) is 2.55. The first-order chi connectivity index (χ1) is 8.09. The highest BCUT2D eigenvalue weighted by Crippen LogP contribution is 2.25. The third-order valence-corrected chi connectivity index (χ3v) is 3.06. The van der Waals surface area contributed by atoms with E-state index in [2.05, 4.69) is 31.1 Å². The van der Waals surface area contributed by atoms with Crippen molar-refractivity contribution in [1.29, 1.82) is 0 Å². The molecule has 0 fully saturated rings. The topological polar surface area (TPSA) is 77.8 Å². The lowest BCUT2D eigenvalue weighted by Gasteiger charge is -2.09. The van der Waals surface area contributed by atoms with Crippen molar-refractivity contribution >= 4 is 15.9 Å². The Labute approximate surface area is 108 Å². The second-order valence-corrected chi connectivity index (χ2v) is 4.91. The van der Waals surface area contributed by atoms with Crippen LogP contribution in [0.4, 0.5) is 0 Å². The maximum Gasteiger partial charge on any atom is 0.244 e. The molecule has 0 bridgehead atoms. The second kappa shape index (κ2) is 4.93. The summed E-state index contributed by atoms with van der Waals surface area (Å²) in [6.45, 7) is 4.01. The summed E-state index contributed by atoms with van der Waals surface area (Å²) in [6.07, 6.45) is 1.68. The van der Waals surface area contributed by atoms with E-state index in [1.165, 1.54) is 0 Å². The monoisotopic (exact) mass is 296 g/mol. The summed E-state index contributed by atoms with van der Waals surface area (Å²) in [7, 11) is 0. The average Bonchev–Trinajstić information content (AvgIpc) is 2.77. The molecule has 0 amide bonds. The molecule has 0 aliphatic rings. The minimum absolute atomic E-state index is 0.246. The molecule has 0 aromatic carbocycles. The normalized spacial score (nSPS) is 13.0. The van der Waals surface area contributed by atoms with Crippen LogP contribution in [0.15, 0.2) is 27.3 Å². The van der Waals surface area contributed by atoms with Crippen LogP contribution < -0.4 is 5.73 Å². The minimum Gasteiger partial charge on any atom is -0.337 e. The van der Waals surface area contributed by atoms with Crippen LogP contribution in [-0.2, 0) is 0 Å². The van der Waals surface area contributed by atoms with Gasteiger partial charge < -0.3 is 10.3 Å². The van der Waals surface area contributed by atoms with E-state index < -0.39 is 0 Å². The minimum atomic E-state index is -0.251. The number of pyridine rings is 1. The number of hydrogen-bond acceptors (Lipinski definition) is 5. The Balaban J connectivity index is 2.34. The highest BCUT2D eigenvalue weighted by molar-refractivity contribution is 9.10. The smallest absolute Gasteiger partial charge is 0.244 e. The molecule has 0 aliphatic carbocycles. The molecule has 0 saturated heterocycles. The zero-order valence-corrected chi connectivity index (χ0v) is 11.2. The molecule has 0 spiro atoms. The van der Waals surface area contributed by atoms with Gasteiger partial charge >= 0.3 is 0 Å². The number of hydrogen-bond donors (Lipinski definition) is 1. The van der Waals surface area contributed by atoms with Crippen molar-refractivity contribution < 1.29 is 4.52 Å². The zero-order valence-electron chi connectivity index (χ0n) is 9.59. The Bertz CT molecular complexity index is 512. The quantitative estimate of drug-likeness (QED) is 0.942. The van der Waals surface area contributed by atoms with Crippen LogP contribution in [0.5, 0.6) is 0 Å². The maximum absolute atomic E-state index is 5.94. The van der Waals surface area contributed by atoms with Gasteiger partial charge in [0.1, 0.15) is 5.69 Å². The number of nitrogens with two attached hydrogens (primary N) is 1. The van der Waals surface area contributed by atoms with Gasteiger partial charge in [0.2, 0.25) is 11.7 Å². The summed E-state index contributed by atoms with van der Waals surface area (Å²) in [5, 5.41) is 3.89. The number of halogens is 1. The molecule has 2 aromatic rings. The summed E-state index contributed by atoms with van der Waals surface area (Å²) >= 11 is 3.39. The number of rotatable bonds is 3. The van der Waals surface area contributed by atoms with Gasteiger partial charge in [0.15, 0.2) is 0 Å². The van der Waals surface area contributed by atoms with Gasteiger partial charge in [-0.1, -0.05) is 19.0 Å². The van der Waals surface area contributed by atoms with Gasteiger partial charge in [0, 0.05) is 10.7 Å². The SMILES string of the molecule is CC(C)C(N)c1nc(-c2ncccc2Br)no1. The molecule has 17 heavy (non-hydrogen) atoms. The van der Waals surface area contributed by atoms with E-state index in [0.717, 1.165) is 4.47 Å². The molecule has 2 aromatic heterocycles. The van der Waals surface area contributed by atoms with E-state index in [1.54, 1.807) is 6.20 Å². The Hall–Kier alpha value is -1.27. The first-order valence-corrected chi connectivity index (χ1v) is 6.09. The molecule has 1 atom stereocenters. The van der Waals surface area contributed by atoms with E-state index >= 15 is 0 Å². The largest absolute Gasteiger partial charge is 0.337 e. The first-order valence-electron chi connectivity index (χ1n) is 5.29. The fraction of sp³-hybridized carbons (Fsp3) is 0.364. The van der Waals surface area contributed by atoms with Gasteiger partial charge in [0.25, 0.3) is 0 Å². The lowest BCUT2D eigenvalue weighted by Crippen LogP contribution is -2.16. The van der Waals surface area contributed by atoms with Crippen molar-refractivity contribution in [3.05, 3.63) is 28.7 Å². The third-order valence-electron chi connectivity index (χ3n) is 2.42. The van der Waals surface area contributed by atoms with Crippen molar-refractivity contribution in [3.8, 4) is 11.5 Å². The molecule has 5 nitrogen and oxygen atoms in total. The van der Waals surface area contributed by atoms with Gasteiger partial charge in [-0.25, -0.2) is 0 Å². The van der Waals surface area contributed by atoms with Crippen molar-refractivity contribution in [2.45, 2.75) is 19.9 Å². The summed E-state index contributed by atoms with van der Waals surface area (Å²) in [5.74, 6) is 1.13. The summed E-state index contributed by atoms with van der Waals surface area (Å²) in [4.78, 5) is 8.46. The van der Waals surface area contributed by atoms with E-state index in [4.69, 9.17) is 10.3 Å². The number of nitrogens with zero attached hydrogens (tertiary/aromatic N) is 3. The van der Waals surface area contributed by atoms with Gasteiger partial charge in [-0.2, -0.15) is 4.98 Å². The summed E-state index contributed by atoms with van der Waals surface area (Å²) in [6, 6.07) is 3.45. The molecule has 0 radical (unpaired) electrons. The van der Waals surface area contributed by atoms with Gasteiger partial charge in [-0.3, -0.25) is 4.98 Å². The Morgan fingerprint density at radius 3 is 2.82 bits per heavy atom. The third kappa shape index (κ3) is 2.53. The molecule has 2 rings (SSSR count). The fourth-order valence-corrected chi connectivity index (χ4v) is 1.73. The molecule has 0 aliphatic heterocycles. The van der Waals surface area contributed by atoms with Crippen LogP contribution in [0, 0.1) is 5.92 Å². The molecule has 0 saturated carbocycles. The molecular weight excluding hydrogens is 284 g/mol. The lowest BCUT2D eigenvalue weighted by molar-refractivity contribution is 0.325. The Kier molecular flexibility index (Phi) is 3.54. The first kappa shape index (κ1) is 12.2. The molecule has 1 unspecified atom stereocenters. The highest BCUT2D eigenvalue weighted by Gasteiger charge is 2.19. The molecule has 2 heterocycles. The molecule has 6 heteroatoms. The molecule has 2 N–H and O–H groups in total. The Morgan fingerprint density at radius 1 is 1.41 bits per heavy atom. The zero-order chi connectivity index (χ0) is 12.4. The molecule has 90 valence electrons. The highest BCUT2D eigenvalue weighted by atomic mass is 79.9. The second-order valence-electron chi connectivity index (χ2n) is 4.06. The van der Waals surface area contributed by atoms with Crippen molar-refractivity contribution in [2.75, 3.05) is 0 Å². The van der Waals surface area contributed by atoms with E-state index in [0.29, 0.717) is 17.4 Å². The molecular formula is C11H13BrN4O. The lowest BCUT2D eigenvalue weighted by atomic mass is 10.1. The van der Waals surface area contributed by atoms with Crippen LogP contribution >= 0.6 is 15.9 Å². The van der Waals surface area contributed by atoms with E-state index in [9.17, 15) is 0 Å². The standard InChI is InChI=1S/C11H13BrN4O/c1-6(2)8(13)11-15-10(16-17-11)9-7(12)4-3-5-14-9/h3-6,8H,13H2,1-2H3. The summed E-state index contributed by atoms with van der Waals surface area (Å²) in [5.41, 5.74) is 6.59. The Morgan fingerprint density at radius 2 is 2.18 bits per heavy atom. The van der Waals surface area contributed by atoms with Crippen LogP contribution in [0.2, 0.25) is 0 Å². The summed E-state index contributed by atoms with van der Waals surface area (Å²) < 4.78 is 5.97.